The summed E-state index contributed by atoms with van der Waals surface area (Å²) >= 11 is 0. The quantitative estimate of drug-likeness (QED) is 0.820. The van der Waals surface area contributed by atoms with E-state index in [1.807, 2.05) is 0 Å². The molecule has 0 atom stereocenters. The van der Waals surface area contributed by atoms with Gasteiger partial charge in [-0.2, -0.15) is 18.3 Å². The molecule has 0 aliphatic heterocycles. The second-order valence-electron chi connectivity index (χ2n) is 3.72. The van der Waals surface area contributed by atoms with Crippen LogP contribution in [0.3, 0.4) is 0 Å². The maximum Gasteiger partial charge on any atom is 0.435 e. The Kier molecular flexibility index (Phi) is 2.93. The SMILES string of the molecule is Nc1ccc(C(=O)O)cc1-n1ccc(C(F)(F)F)n1. The van der Waals surface area contributed by atoms with Crippen LogP contribution in [-0.4, -0.2) is 20.9 Å². The van der Waals surface area contributed by atoms with Gasteiger partial charge in [-0.15, -0.1) is 0 Å². The molecule has 3 N–H and O–H groups in total. The molecule has 0 aliphatic carbocycles. The van der Waals surface area contributed by atoms with Gasteiger partial charge >= 0.3 is 12.1 Å². The van der Waals surface area contributed by atoms with E-state index >= 15 is 0 Å². The number of carboxylic acid groups (broad SMARTS) is 1. The number of nitrogens with two attached hydrogens (primary N) is 1. The molecule has 1 aromatic heterocycles. The highest BCUT2D eigenvalue weighted by molar-refractivity contribution is 5.89. The van der Waals surface area contributed by atoms with Gasteiger partial charge in [0.15, 0.2) is 5.69 Å². The van der Waals surface area contributed by atoms with Gasteiger partial charge < -0.3 is 10.8 Å². The third kappa shape index (κ3) is 2.51. The molecule has 1 aromatic carbocycles. The lowest BCUT2D eigenvalue weighted by atomic mass is 10.2. The predicted octanol–water partition coefficient (Wildman–Crippen LogP) is 2.17. The van der Waals surface area contributed by atoms with Crippen molar-refractivity contribution in [2.45, 2.75) is 6.18 Å². The number of benzene rings is 1. The van der Waals surface area contributed by atoms with Crippen LogP contribution in [0.25, 0.3) is 5.69 Å². The van der Waals surface area contributed by atoms with E-state index in [4.69, 9.17) is 10.8 Å². The first-order valence-corrected chi connectivity index (χ1v) is 5.05. The minimum atomic E-state index is -4.57. The summed E-state index contributed by atoms with van der Waals surface area (Å²) in [5.41, 5.74) is 4.64. The highest BCUT2D eigenvalue weighted by Crippen LogP contribution is 2.28. The molecule has 1 heterocycles. The van der Waals surface area contributed by atoms with Crippen LogP contribution in [0.15, 0.2) is 30.5 Å². The van der Waals surface area contributed by atoms with Crippen molar-refractivity contribution >= 4 is 11.7 Å². The van der Waals surface area contributed by atoms with E-state index in [0.29, 0.717) is 0 Å². The van der Waals surface area contributed by atoms with Gasteiger partial charge in [0.25, 0.3) is 0 Å². The minimum Gasteiger partial charge on any atom is -0.478 e. The molecule has 0 saturated heterocycles. The number of anilines is 1. The number of hydrogen-bond acceptors (Lipinski definition) is 3. The fraction of sp³-hybridized carbons (Fsp3) is 0.0909. The van der Waals surface area contributed by atoms with E-state index < -0.39 is 17.8 Å². The van der Waals surface area contributed by atoms with E-state index in [0.717, 1.165) is 23.0 Å². The zero-order valence-electron chi connectivity index (χ0n) is 9.35. The van der Waals surface area contributed by atoms with Crippen molar-refractivity contribution in [2.24, 2.45) is 0 Å². The minimum absolute atomic E-state index is 0.0791. The average molecular weight is 271 g/mol. The topological polar surface area (TPSA) is 81.1 Å². The van der Waals surface area contributed by atoms with Crippen LogP contribution in [0, 0.1) is 0 Å². The van der Waals surface area contributed by atoms with Gasteiger partial charge in [0.05, 0.1) is 16.9 Å². The monoisotopic (exact) mass is 271 g/mol. The molecule has 19 heavy (non-hydrogen) atoms. The highest BCUT2D eigenvalue weighted by Gasteiger charge is 2.33. The summed E-state index contributed by atoms with van der Waals surface area (Å²) in [6.07, 6.45) is -3.50. The van der Waals surface area contributed by atoms with Crippen molar-refractivity contribution in [3.8, 4) is 5.69 Å². The van der Waals surface area contributed by atoms with Gasteiger partial charge in [-0.1, -0.05) is 0 Å². The molecular weight excluding hydrogens is 263 g/mol. The average Bonchev–Trinajstić information content (AvgIpc) is 2.78. The van der Waals surface area contributed by atoms with Crippen LogP contribution in [0.2, 0.25) is 0 Å². The lowest BCUT2D eigenvalue weighted by molar-refractivity contribution is -0.141. The number of alkyl halides is 3. The third-order valence-corrected chi connectivity index (χ3v) is 2.40. The molecule has 0 saturated carbocycles. The van der Waals surface area contributed by atoms with Crippen LogP contribution < -0.4 is 5.73 Å². The number of aromatic nitrogens is 2. The highest BCUT2D eigenvalue weighted by atomic mass is 19.4. The Bertz CT molecular complexity index is 634. The molecule has 0 aliphatic rings. The molecule has 8 heteroatoms. The Morgan fingerprint density at radius 3 is 2.53 bits per heavy atom. The summed E-state index contributed by atoms with van der Waals surface area (Å²) in [6, 6.07) is 4.50. The first-order valence-electron chi connectivity index (χ1n) is 5.05. The van der Waals surface area contributed by atoms with Crippen molar-refractivity contribution in [1.82, 2.24) is 9.78 Å². The zero-order valence-corrected chi connectivity index (χ0v) is 9.35. The van der Waals surface area contributed by atoms with Crippen molar-refractivity contribution in [3.05, 3.63) is 41.7 Å². The van der Waals surface area contributed by atoms with Crippen LogP contribution in [0.4, 0.5) is 18.9 Å². The molecule has 0 radical (unpaired) electrons. The molecule has 2 aromatic rings. The second-order valence-corrected chi connectivity index (χ2v) is 3.72. The predicted molar refractivity (Wildman–Crippen MR) is 59.9 cm³/mol. The van der Waals surface area contributed by atoms with Crippen molar-refractivity contribution in [2.75, 3.05) is 5.73 Å². The first-order chi connectivity index (χ1) is 8.79. The van der Waals surface area contributed by atoms with E-state index in [-0.39, 0.29) is 16.9 Å². The number of aromatic carboxylic acids is 1. The number of rotatable bonds is 2. The van der Waals surface area contributed by atoms with Gasteiger partial charge in [0, 0.05) is 6.20 Å². The Hall–Kier alpha value is -2.51. The molecule has 0 spiro atoms. The molecule has 0 amide bonds. The smallest absolute Gasteiger partial charge is 0.435 e. The van der Waals surface area contributed by atoms with E-state index in [2.05, 4.69) is 5.10 Å². The van der Waals surface area contributed by atoms with E-state index in [1.54, 1.807) is 0 Å². The molecule has 0 bridgehead atoms. The second kappa shape index (κ2) is 4.30. The summed E-state index contributed by atoms with van der Waals surface area (Å²) in [4.78, 5) is 10.8. The Morgan fingerprint density at radius 2 is 2.00 bits per heavy atom. The standard InChI is InChI=1S/C11H8F3N3O2/c12-11(13,14)9-3-4-17(16-9)8-5-6(10(18)19)1-2-7(8)15/h1-5H,15H2,(H,18,19). The lowest BCUT2D eigenvalue weighted by Gasteiger charge is -2.07. The molecular formula is C11H8F3N3O2. The summed E-state index contributed by atoms with van der Waals surface area (Å²) in [6.45, 7) is 0. The van der Waals surface area contributed by atoms with E-state index in [9.17, 15) is 18.0 Å². The van der Waals surface area contributed by atoms with Gasteiger partial charge in [0.1, 0.15) is 0 Å². The van der Waals surface area contributed by atoms with Crippen LogP contribution in [0.1, 0.15) is 16.1 Å². The normalized spacial score (nSPS) is 11.5. The maximum atomic E-state index is 12.4. The molecule has 100 valence electrons. The van der Waals surface area contributed by atoms with Crippen molar-refractivity contribution in [1.29, 1.82) is 0 Å². The Morgan fingerprint density at radius 1 is 1.32 bits per heavy atom. The van der Waals surface area contributed by atoms with Crippen LogP contribution in [0.5, 0.6) is 0 Å². The summed E-state index contributed by atoms with van der Waals surface area (Å²) < 4.78 is 38.2. The summed E-state index contributed by atoms with van der Waals surface area (Å²) in [7, 11) is 0. The molecule has 2 rings (SSSR count). The number of nitrogen functional groups attached to an aromatic ring is 1. The Balaban J connectivity index is 2.49. The fourth-order valence-electron chi connectivity index (χ4n) is 1.48. The number of carboxylic acids is 1. The van der Waals surface area contributed by atoms with Crippen LogP contribution in [-0.2, 0) is 6.18 Å². The van der Waals surface area contributed by atoms with Crippen molar-refractivity contribution < 1.29 is 23.1 Å². The van der Waals surface area contributed by atoms with Gasteiger partial charge in [-0.25, -0.2) is 9.48 Å². The Labute approximate surface area is 105 Å². The summed E-state index contributed by atoms with van der Waals surface area (Å²) in [5.74, 6) is -1.20. The van der Waals surface area contributed by atoms with E-state index in [1.165, 1.54) is 12.1 Å². The first kappa shape index (κ1) is 12.9. The largest absolute Gasteiger partial charge is 0.478 e. The van der Waals surface area contributed by atoms with Gasteiger partial charge in [-0.05, 0) is 24.3 Å². The zero-order chi connectivity index (χ0) is 14.2. The number of nitrogens with zero attached hydrogens (tertiary/aromatic N) is 2. The molecule has 0 fully saturated rings. The number of hydrogen-bond donors (Lipinski definition) is 2. The molecule has 5 nitrogen and oxygen atoms in total. The number of carbonyl (C=O) groups is 1. The fourth-order valence-corrected chi connectivity index (χ4v) is 1.48. The van der Waals surface area contributed by atoms with Crippen LogP contribution >= 0.6 is 0 Å². The third-order valence-electron chi connectivity index (χ3n) is 2.40. The number of halogens is 3. The van der Waals surface area contributed by atoms with Gasteiger partial charge in [-0.3, -0.25) is 0 Å². The molecule has 0 unspecified atom stereocenters. The maximum absolute atomic E-state index is 12.4. The summed E-state index contributed by atoms with van der Waals surface area (Å²) in [5, 5.41) is 12.2. The van der Waals surface area contributed by atoms with Gasteiger partial charge in [0.2, 0.25) is 0 Å². The lowest BCUT2D eigenvalue weighted by Crippen LogP contribution is -2.09. The van der Waals surface area contributed by atoms with Crippen molar-refractivity contribution in [3.63, 3.8) is 0 Å².